The summed E-state index contributed by atoms with van der Waals surface area (Å²) >= 11 is 8.36. The number of nitrogens with zero attached hydrogens (tertiary/aromatic N) is 2. The van der Waals surface area contributed by atoms with Crippen LogP contribution in [0.25, 0.3) is 0 Å². The molecule has 0 aliphatic carbocycles. The number of rotatable bonds is 5. The third-order valence-electron chi connectivity index (χ3n) is 7.01. The molecule has 0 spiro atoms. The van der Waals surface area contributed by atoms with Gasteiger partial charge in [0, 0.05) is 21.5 Å². The number of anilines is 2. The van der Waals surface area contributed by atoms with Gasteiger partial charge in [-0.1, -0.05) is 83.2 Å². The van der Waals surface area contributed by atoms with Crippen LogP contribution < -0.4 is 15.1 Å². The maximum atomic E-state index is 13.8. The molecule has 7 nitrogen and oxygen atoms in total. The zero-order chi connectivity index (χ0) is 27.3. The van der Waals surface area contributed by atoms with E-state index in [2.05, 4.69) is 5.32 Å². The highest BCUT2D eigenvalue weighted by atomic mass is 35.5. The van der Waals surface area contributed by atoms with Crippen LogP contribution in [0.1, 0.15) is 21.9 Å². The van der Waals surface area contributed by atoms with Gasteiger partial charge in [-0.15, -0.1) is 0 Å². The SMILES string of the molecule is Cc1ccccc1NC(=O)Cn1c2c(sc1=O)C(c1ccc(Cl)cc1)C1C(=O)N(c3ccccc3)C(=O)C1S2. The molecule has 3 unspecified atom stereocenters. The van der Waals surface area contributed by atoms with Crippen LogP contribution in [0, 0.1) is 12.8 Å². The summed E-state index contributed by atoms with van der Waals surface area (Å²) in [5.41, 5.74) is 2.86. The van der Waals surface area contributed by atoms with E-state index in [-0.39, 0.29) is 29.1 Å². The van der Waals surface area contributed by atoms with Crippen molar-refractivity contribution in [3.8, 4) is 0 Å². The fraction of sp³-hybridized carbons (Fsp3) is 0.172. The van der Waals surface area contributed by atoms with Gasteiger partial charge < -0.3 is 5.32 Å². The number of carbonyl (C=O) groups is 3. The molecule has 3 aromatic carbocycles. The molecular weight excluding hydrogens is 554 g/mol. The van der Waals surface area contributed by atoms with Crippen LogP contribution in [0.15, 0.2) is 88.7 Å². The lowest BCUT2D eigenvalue weighted by Gasteiger charge is -2.30. The zero-order valence-corrected chi connectivity index (χ0v) is 23.1. The van der Waals surface area contributed by atoms with Gasteiger partial charge in [-0.25, -0.2) is 4.90 Å². The fourth-order valence-corrected chi connectivity index (χ4v) is 8.06. The number of benzene rings is 3. The van der Waals surface area contributed by atoms with Crippen LogP contribution in [0.3, 0.4) is 0 Å². The molecule has 6 rings (SSSR count). The number of thioether (sulfide) groups is 1. The smallest absolute Gasteiger partial charge is 0.308 e. The number of aryl methyl sites for hydroxylation is 1. The van der Waals surface area contributed by atoms with Crippen molar-refractivity contribution in [1.29, 1.82) is 0 Å². The van der Waals surface area contributed by atoms with Crippen molar-refractivity contribution in [3.05, 3.63) is 110 Å². The molecule has 2 aliphatic heterocycles. The van der Waals surface area contributed by atoms with E-state index in [1.807, 2.05) is 43.3 Å². The summed E-state index contributed by atoms with van der Waals surface area (Å²) in [5.74, 6) is -2.23. The standard InChI is InChI=1S/C29H22ClN3O4S2/c1-16-7-5-6-10-20(16)31-21(34)15-32-28-25(39-29(32)37)22(17-11-13-18(30)14-12-17)23-24(38-28)27(36)33(26(23)35)19-8-3-2-4-9-19/h2-14,22-24H,15H2,1H3,(H,31,34). The molecule has 0 saturated carbocycles. The average Bonchev–Trinajstić information content (AvgIpc) is 3.37. The Balaban J connectivity index is 1.42. The Labute approximate surface area is 237 Å². The number of fused-ring (bicyclic) bond motifs is 2. The number of hydrogen-bond acceptors (Lipinski definition) is 6. The first-order valence-corrected chi connectivity index (χ1v) is 14.3. The van der Waals surface area contributed by atoms with E-state index in [4.69, 9.17) is 11.6 Å². The maximum Gasteiger partial charge on any atom is 0.308 e. The Morgan fingerprint density at radius 1 is 0.923 bits per heavy atom. The quantitative estimate of drug-likeness (QED) is 0.326. The summed E-state index contributed by atoms with van der Waals surface area (Å²) in [4.78, 5) is 55.4. The highest BCUT2D eigenvalue weighted by Gasteiger charge is 2.56. The van der Waals surface area contributed by atoms with E-state index < -0.39 is 17.1 Å². The second-order valence-corrected chi connectivity index (χ2v) is 12.0. The number of para-hydroxylation sites is 2. The van der Waals surface area contributed by atoms with Gasteiger partial charge in [-0.2, -0.15) is 0 Å². The van der Waals surface area contributed by atoms with Crippen molar-refractivity contribution in [2.24, 2.45) is 5.92 Å². The second kappa shape index (κ2) is 10.1. The first-order valence-electron chi connectivity index (χ1n) is 12.3. The number of thiazole rings is 1. The van der Waals surface area contributed by atoms with Crippen LogP contribution in [-0.4, -0.2) is 27.5 Å². The Morgan fingerprint density at radius 2 is 1.62 bits per heavy atom. The van der Waals surface area contributed by atoms with Crippen LogP contribution in [0.4, 0.5) is 11.4 Å². The lowest BCUT2D eigenvalue weighted by atomic mass is 9.83. The minimum Gasteiger partial charge on any atom is -0.324 e. The Kier molecular flexibility index (Phi) is 6.66. The topological polar surface area (TPSA) is 88.5 Å². The molecule has 1 saturated heterocycles. The van der Waals surface area contributed by atoms with Gasteiger partial charge in [-0.05, 0) is 48.4 Å². The molecule has 1 fully saturated rings. The summed E-state index contributed by atoms with van der Waals surface area (Å²) in [7, 11) is 0. The molecule has 1 aromatic heterocycles. The predicted molar refractivity (Wildman–Crippen MR) is 154 cm³/mol. The number of nitrogens with one attached hydrogen (secondary N) is 1. The maximum absolute atomic E-state index is 13.8. The molecule has 2 aliphatic rings. The number of amides is 3. The van der Waals surface area contributed by atoms with Crippen molar-refractivity contribution in [3.63, 3.8) is 0 Å². The van der Waals surface area contributed by atoms with Gasteiger partial charge in [-0.3, -0.25) is 23.7 Å². The first-order chi connectivity index (χ1) is 18.8. The average molecular weight is 576 g/mol. The van der Waals surface area contributed by atoms with Crippen LogP contribution in [0.5, 0.6) is 0 Å². The van der Waals surface area contributed by atoms with Gasteiger partial charge in [0.25, 0.3) is 0 Å². The number of hydrogen-bond donors (Lipinski definition) is 1. The van der Waals surface area contributed by atoms with Gasteiger partial charge in [0.2, 0.25) is 17.7 Å². The molecule has 0 bridgehead atoms. The summed E-state index contributed by atoms with van der Waals surface area (Å²) in [6, 6.07) is 23.4. The Hall–Kier alpha value is -3.66. The van der Waals surface area contributed by atoms with Crippen LogP contribution in [-0.2, 0) is 20.9 Å². The van der Waals surface area contributed by atoms with E-state index in [9.17, 15) is 19.2 Å². The van der Waals surface area contributed by atoms with Gasteiger partial charge in [0.15, 0.2) is 0 Å². The number of aromatic nitrogens is 1. The molecule has 196 valence electrons. The first kappa shape index (κ1) is 25.6. The van der Waals surface area contributed by atoms with E-state index >= 15 is 0 Å². The molecule has 0 radical (unpaired) electrons. The van der Waals surface area contributed by atoms with Crippen molar-refractivity contribution >= 4 is 63.8 Å². The van der Waals surface area contributed by atoms with Crippen LogP contribution in [0.2, 0.25) is 5.02 Å². The third kappa shape index (κ3) is 4.50. The summed E-state index contributed by atoms with van der Waals surface area (Å²) < 4.78 is 1.42. The fourth-order valence-electron chi connectivity index (χ4n) is 5.16. The second-order valence-electron chi connectivity index (χ2n) is 9.43. The number of halogens is 1. The summed E-state index contributed by atoms with van der Waals surface area (Å²) in [6.45, 7) is 1.68. The minimum absolute atomic E-state index is 0.207. The van der Waals surface area contributed by atoms with Gasteiger partial charge in [0.1, 0.15) is 11.8 Å². The van der Waals surface area contributed by atoms with Crippen molar-refractivity contribution in [2.45, 2.75) is 29.7 Å². The van der Waals surface area contributed by atoms with Crippen molar-refractivity contribution in [2.75, 3.05) is 10.2 Å². The largest absolute Gasteiger partial charge is 0.324 e. The Bertz CT molecular complexity index is 1670. The molecule has 39 heavy (non-hydrogen) atoms. The summed E-state index contributed by atoms with van der Waals surface area (Å²) in [5, 5.41) is 3.21. The lowest BCUT2D eigenvalue weighted by molar-refractivity contribution is -0.122. The third-order valence-corrected chi connectivity index (χ3v) is 9.87. The Morgan fingerprint density at radius 3 is 2.33 bits per heavy atom. The number of imide groups is 1. The highest BCUT2D eigenvalue weighted by molar-refractivity contribution is 8.00. The lowest BCUT2D eigenvalue weighted by Crippen LogP contribution is -2.33. The van der Waals surface area contributed by atoms with Crippen molar-refractivity contribution < 1.29 is 14.4 Å². The van der Waals surface area contributed by atoms with E-state index in [0.717, 1.165) is 22.5 Å². The minimum atomic E-state index is -0.745. The van der Waals surface area contributed by atoms with Crippen molar-refractivity contribution in [1.82, 2.24) is 4.57 Å². The highest BCUT2D eigenvalue weighted by Crippen LogP contribution is 2.53. The molecule has 10 heteroatoms. The van der Waals surface area contributed by atoms with Gasteiger partial charge >= 0.3 is 4.87 Å². The normalized spacial score (nSPS) is 20.1. The predicted octanol–water partition coefficient (Wildman–Crippen LogP) is 5.31. The van der Waals surface area contributed by atoms with Crippen LogP contribution >= 0.6 is 34.7 Å². The molecule has 3 atom stereocenters. The summed E-state index contributed by atoms with van der Waals surface area (Å²) in [6.07, 6.45) is 0. The monoisotopic (exact) mass is 575 g/mol. The molecule has 4 aromatic rings. The molecule has 3 amide bonds. The van der Waals surface area contributed by atoms with Gasteiger partial charge in [0.05, 0.1) is 16.6 Å². The van der Waals surface area contributed by atoms with E-state index in [1.54, 1.807) is 42.5 Å². The molecule has 3 heterocycles. The zero-order valence-electron chi connectivity index (χ0n) is 20.7. The number of carbonyl (C=O) groups excluding carboxylic acids is 3. The van der Waals surface area contributed by atoms with E-state index in [1.165, 1.54) is 21.2 Å². The molecule has 1 N–H and O–H groups in total. The van der Waals surface area contributed by atoms with E-state index in [0.29, 0.717) is 26.3 Å². The molecular formula is C29H22ClN3O4S2.